The van der Waals surface area contributed by atoms with Crippen LogP contribution in [-0.4, -0.2) is 15.0 Å². The highest BCUT2D eigenvalue weighted by Gasteiger charge is 2.15. The molecule has 118 valence electrons. The third kappa shape index (κ3) is 2.35. The maximum Gasteiger partial charge on any atom is 0.220 e. The van der Waals surface area contributed by atoms with Gasteiger partial charge in [-0.05, 0) is 17.5 Å². The van der Waals surface area contributed by atoms with Crippen molar-refractivity contribution < 1.29 is 4.39 Å². The van der Waals surface area contributed by atoms with Gasteiger partial charge < -0.3 is 11.5 Å². The summed E-state index contributed by atoms with van der Waals surface area (Å²) in [6, 6.07) is 9.66. The Labute approximate surface area is 140 Å². The third-order valence-corrected chi connectivity index (χ3v) is 4.87. The van der Waals surface area contributed by atoms with Crippen molar-refractivity contribution in [3.8, 4) is 21.7 Å². The molecule has 3 heterocycles. The first-order chi connectivity index (χ1) is 11.6. The summed E-state index contributed by atoms with van der Waals surface area (Å²) in [5.41, 5.74) is 14.3. The second kappa shape index (κ2) is 5.54. The lowest BCUT2D eigenvalue weighted by molar-refractivity contribution is 0.619. The van der Waals surface area contributed by atoms with Crippen molar-refractivity contribution in [2.75, 3.05) is 11.5 Å². The summed E-state index contributed by atoms with van der Waals surface area (Å²) < 4.78 is 15.1. The van der Waals surface area contributed by atoms with E-state index in [0.29, 0.717) is 10.6 Å². The first kappa shape index (κ1) is 14.5. The first-order valence-corrected chi connectivity index (χ1v) is 7.96. The molecule has 0 aliphatic heterocycles. The molecule has 3 aromatic heterocycles. The maximum atomic E-state index is 14.1. The van der Waals surface area contributed by atoms with Gasteiger partial charge in [-0.2, -0.15) is 0 Å². The van der Waals surface area contributed by atoms with Crippen molar-refractivity contribution in [3.63, 3.8) is 0 Å². The molecule has 24 heavy (non-hydrogen) atoms. The number of hydrogen-bond acceptors (Lipinski definition) is 6. The smallest absolute Gasteiger partial charge is 0.220 e. The Morgan fingerprint density at radius 2 is 1.92 bits per heavy atom. The Hall–Kier alpha value is -3.06. The number of rotatable bonds is 2. The van der Waals surface area contributed by atoms with E-state index in [0.717, 1.165) is 27.4 Å². The molecular weight excluding hydrogens is 325 g/mol. The van der Waals surface area contributed by atoms with E-state index in [2.05, 4.69) is 15.0 Å². The molecule has 0 spiro atoms. The van der Waals surface area contributed by atoms with Crippen molar-refractivity contribution in [2.45, 2.75) is 0 Å². The van der Waals surface area contributed by atoms with Gasteiger partial charge in [0.05, 0.1) is 23.0 Å². The molecule has 0 radical (unpaired) electrons. The second-order valence-electron chi connectivity index (χ2n) is 5.22. The van der Waals surface area contributed by atoms with Crippen LogP contribution in [0, 0.1) is 5.82 Å². The molecule has 1 aromatic carbocycles. The van der Waals surface area contributed by atoms with Gasteiger partial charge in [0.25, 0.3) is 0 Å². The number of nitrogens with two attached hydrogens (primary N) is 2. The van der Waals surface area contributed by atoms with Gasteiger partial charge >= 0.3 is 0 Å². The van der Waals surface area contributed by atoms with Crippen molar-refractivity contribution in [1.29, 1.82) is 0 Å². The van der Waals surface area contributed by atoms with Crippen LogP contribution in [0.5, 0.6) is 0 Å². The molecule has 7 heteroatoms. The predicted molar refractivity (Wildman–Crippen MR) is 94.9 cm³/mol. The second-order valence-corrected chi connectivity index (χ2v) is 6.27. The fourth-order valence-corrected chi connectivity index (χ4v) is 3.78. The summed E-state index contributed by atoms with van der Waals surface area (Å²) >= 11 is 1.44. The third-order valence-electron chi connectivity index (χ3n) is 3.68. The van der Waals surface area contributed by atoms with E-state index in [1.54, 1.807) is 12.4 Å². The number of anilines is 2. The zero-order valence-corrected chi connectivity index (χ0v) is 13.2. The average Bonchev–Trinajstić information content (AvgIpc) is 3.01. The number of hydrogen-bond donors (Lipinski definition) is 2. The molecule has 0 atom stereocenters. The molecule has 0 aliphatic carbocycles. The van der Waals surface area contributed by atoms with Gasteiger partial charge in [-0.15, -0.1) is 11.3 Å². The number of fused-ring (bicyclic) bond motifs is 1. The number of nitrogen functional groups attached to an aromatic ring is 2. The summed E-state index contributed by atoms with van der Waals surface area (Å²) in [6.07, 6.45) is 4.40. The molecule has 0 unspecified atom stereocenters. The molecule has 4 N–H and O–H groups in total. The zero-order chi connectivity index (χ0) is 16.7. The molecule has 0 aliphatic rings. The van der Waals surface area contributed by atoms with E-state index in [9.17, 15) is 4.39 Å². The van der Waals surface area contributed by atoms with Gasteiger partial charge in [0.2, 0.25) is 5.95 Å². The normalized spacial score (nSPS) is 11.0. The number of nitrogens with zero attached hydrogens (tertiary/aromatic N) is 3. The SMILES string of the molecule is Nc1ncc(F)c(-c2cc3cccc(-c4ccncc4N)c3s2)n1. The van der Waals surface area contributed by atoms with Crippen LogP contribution >= 0.6 is 11.3 Å². The van der Waals surface area contributed by atoms with Crippen molar-refractivity contribution in [1.82, 2.24) is 15.0 Å². The molecule has 5 nitrogen and oxygen atoms in total. The van der Waals surface area contributed by atoms with Crippen molar-refractivity contribution >= 4 is 33.1 Å². The number of halogens is 1. The fraction of sp³-hybridized carbons (Fsp3) is 0. The van der Waals surface area contributed by atoms with Crippen LogP contribution in [0.25, 0.3) is 31.8 Å². The highest BCUT2D eigenvalue weighted by Crippen LogP contribution is 2.40. The molecule has 0 fully saturated rings. The van der Waals surface area contributed by atoms with Crippen molar-refractivity contribution in [2.24, 2.45) is 0 Å². The van der Waals surface area contributed by atoms with Crippen LogP contribution in [0.3, 0.4) is 0 Å². The van der Waals surface area contributed by atoms with Crippen LogP contribution in [0.15, 0.2) is 48.9 Å². The molecule has 0 amide bonds. The number of benzene rings is 1. The Morgan fingerprint density at radius 1 is 1.04 bits per heavy atom. The topological polar surface area (TPSA) is 90.7 Å². The average molecular weight is 337 g/mol. The van der Waals surface area contributed by atoms with Crippen LogP contribution in [0.1, 0.15) is 0 Å². The minimum atomic E-state index is -0.499. The van der Waals surface area contributed by atoms with E-state index in [-0.39, 0.29) is 11.6 Å². The standard InChI is InChI=1S/C17H12FN5S/c18-12-7-22-17(20)23-15(12)14-6-9-2-1-3-11(16(9)24-14)10-4-5-21-8-13(10)19/h1-8H,19H2,(H2,20,22,23). The predicted octanol–water partition coefficient (Wildman–Crippen LogP) is 3.72. The van der Waals surface area contributed by atoms with E-state index in [1.165, 1.54) is 11.3 Å². The fourth-order valence-electron chi connectivity index (χ4n) is 2.60. The molecular formula is C17H12FN5S. The Bertz CT molecular complexity index is 1060. The van der Waals surface area contributed by atoms with Gasteiger partial charge in [0, 0.05) is 22.0 Å². The van der Waals surface area contributed by atoms with Crippen LogP contribution < -0.4 is 11.5 Å². The Morgan fingerprint density at radius 3 is 2.75 bits per heavy atom. The Balaban J connectivity index is 1.95. The summed E-state index contributed by atoms with van der Waals surface area (Å²) in [4.78, 5) is 12.4. The summed E-state index contributed by atoms with van der Waals surface area (Å²) in [6.45, 7) is 0. The van der Waals surface area contributed by atoms with E-state index in [4.69, 9.17) is 11.5 Å². The van der Waals surface area contributed by atoms with E-state index >= 15 is 0 Å². The lowest BCUT2D eigenvalue weighted by Gasteiger charge is -2.06. The zero-order valence-electron chi connectivity index (χ0n) is 12.4. The van der Waals surface area contributed by atoms with Gasteiger partial charge in [-0.25, -0.2) is 14.4 Å². The monoisotopic (exact) mass is 337 g/mol. The molecule has 4 aromatic rings. The molecule has 4 rings (SSSR count). The van der Waals surface area contributed by atoms with Gasteiger partial charge in [0.15, 0.2) is 5.82 Å². The van der Waals surface area contributed by atoms with Gasteiger partial charge in [0.1, 0.15) is 5.69 Å². The number of thiophene rings is 1. The molecule has 0 saturated heterocycles. The lowest BCUT2D eigenvalue weighted by atomic mass is 10.0. The Kier molecular flexibility index (Phi) is 3.35. The number of pyridine rings is 1. The minimum Gasteiger partial charge on any atom is -0.397 e. The van der Waals surface area contributed by atoms with Gasteiger partial charge in [-0.3, -0.25) is 4.98 Å². The minimum absolute atomic E-state index is 0.0439. The van der Waals surface area contributed by atoms with Gasteiger partial charge in [-0.1, -0.05) is 18.2 Å². The quantitative estimate of drug-likeness (QED) is 0.582. The van der Waals surface area contributed by atoms with E-state index in [1.807, 2.05) is 30.3 Å². The van der Waals surface area contributed by atoms with Crippen molar-refractivity contribution in [3.05, 3.63) is 54.7 Å². The summed E-state index contributed by atoms with van der Waals surface area (Å²) in [7, 11) is 0. The maximum absolute atomic E-state index is 14.1. The van der Waals surface area contributed by atoms with Crippen LogP contribution in [-0.2, 0) is 0 Å². The summed E-state index contributed by atoms with van der Waals surface area (Å²) in [5, 5.41) is 0.986. The van der Waals surface area contributed by atoms with Crippen LogP contribution in [0.4, 0.5) is 16.0 Å². The highest BCUT2D eigenvalue weighted by molar-refractivity contribution is 7.22. The summed E-state index contributed by atoms with van der Waals surface area (Å²) in [5.74, 6) is -0.455. The lowest BCUT2D eigenvalue weighted by Crippen LogP contribution is -1.97. The molecule has 0 bridgehead atoms. The molecule has 0 saturated carbocycles. The first-order valence-electron chi connectivity index (χ1n) is 7.14. The van der Waals surface area contributed by atoms with Crippen LogP contribution in [0.2, 0.25) is 0 Å². The van der Waals surface area contributed by atoms with E-state index < -0.39 is 5.82 Å². The highest BCUT2D eigenvalue weighted by atomic mass is 32.1. The number of aromatic nitrogens is 3. The largest absolute Gasteiger partial charge is 0.397 e.